The molecule has 0 fully saturated rings. The molecule has 1 aliphatic heterocycles. The van der Waals surface area contributed by atoms with Crippen LogP contribution in [-0.4, -0.2) is 33.4 Å². The first-order valence-electron chi connectivity index (χ1n) is 8.45. The Labute approximate surface area is 155 Å². The van der Waals surface area contributed by atoms with Crippen molar-refractivity contribution in [2.75, 3.05) is 6.54 Å². The van der Waals surface area contributed by atoms with E-state index < -0.39 is 0 Å². The van der Waals surface area contributed by atoms with E-state index in [0.29, 0.717) is 29.4 Å². The Bertz CT molecular complexity index is 945. The lowest BCUT2D eigenvalue weighted by atomic mass is 10.1. The predicted octanol–water partition coefficient (Wildman–Crippen LogP) is 4.60. The number of benzene rings is 1. The number of amidine groups is 1. The van der Waals surface area contributed by atoms with Crippen LogP contribution >= 0.6 is 11.3 Å². The minimum absolute atomic E-state index is 0.0434. The first kappa shape index (κ1) is 16.6. The third-order valence-electron chi connectivity index (χ3n) is 4.53. The lowest BCUT2D eigenvalue weighted by Gasteiger charge is -2.25. The first-order chi connectivity index (χ1) is 12.6. The number of thiazole rings is 1. The highest BCUT2D eigenvalue weighted by Crippen LogP contribution is 2.33. The second-order valence-corrected chi connectivity index (χ2v) is 7.19. The molecule has 1 atom stereocenters. The number of aliphatic hydroxyl groups is 1. The van der Waals surface area contributed by atoms with E-state index in [2.05, 4.69) is 4.98 Å². The van der Waals surface area contributed by atoms with E-state index >= 15 is 0 Å². The summed E-state index contributed by atoms with van der Waals surface area (Å²) < 4.78 is 5.41. The van der Waals surface area contributed by atoms with Gasteiger partial charge in [-0.25, -0.2) is 4.98 Å². The summed E-state index contributed by atoms with van der Waals surface area (Å²) in [5.41, 5.74) is 2.42. The van der Waals surface area contributed by atoms with Crippen LogP contribution in [0.5, 0.6) is 0 Å². The fraction of sp³-hybridized carbons (Fsp3) is 0.200. The maximum atomic E-state index is 10.5. The zero-order chi connectivity index (χ0) is 18.1. The maximum absolute atomic E-state index is 10.5. The Morgan fingerprint density at radius 1 is 1.27 bits per heavy atom. The van der Waals surface area contributed by atoms with Gasteiger partial charge in [-0.1, -0.05) is 30.3 Å². The Morgan fingerprint density at radius 2 is 2.08 bits per heavy atom. The van der Waals surface area contributed by atoms with Gasteiger partial charge in [0.25, 0.3) is 0 Å². The number of nitrogens with zero attached hydrogens (tertiary/aromatic N) is 2. The number of hydrogen-bond acceptors (Lipinski definition) is 5. The molecule has 0 radical (unpaired) electrons. The molecule has 3 aromatic rings. The Balaban J connectivity index is 1.55. The van der Waals surface area contributed by atoms with E-state index in [9.17, 15) is 5.11 Å². The van der Waals surface area contributed by atoms with Crippen molar-refractivity contribution < 1.29 is 9.52 Å². The van der Waals surface area contributed by atoms with E-state index in [1.807, 2.05) is 59.7 Å². The highest BCUT2D eigenvalue weighted by atomic mass is 32.1. The highest BCUT2D eigenvalue weighted by Gasteiger charge is 2.33. The van der Waals surface area contributed by atoms with E-state index in [0.717, 1.165) is 17.0 Å². The quantitative estimate of drug-likeness (QED) is 0.693. The van der Waals surface area contributed by atoms with Gasteiger partial charge in [0.15, 0.2) is 0 Å². The SMILES string of the molecule is C[C@H](Cc1ccco1)N1CC(O)=C(c2nc(-c3ccccc3)cs2)C1=N. The normalized spacial score (nSPS) is 15.7. The van der Waals surface area contributed by atoms with E-state index in [1.165, 1.54) is 11.3 Å². The molecule has 26 heavy (non-hydrogen) atoms. The summed E-state index contributed by atoms with van der Waals surface area (Å²) >= 11 is 1.45. The third-order valence-corrected chi connectivity index (χ3v) is 5.39. The summed E-state index contributed by atoms with van der Waals surface area (Å²) in [6, 6.07) is 13.8. The Kier molecular flexibility index (Phi) is 4.34. The van der Waals surface area contributed by atoms with Crippen LogP contribution in [0, 0.1) is 5.41 Å². The van der Waals surface area contributed by atoms with Gasteiger partial charge in [0, 0.05) is 23.4 Å². The topological polar surface area (TPSA) is 73.3 Å². The molecule has 5 nitrogen and oxygen atoms in total. The van der Waals surface area contributed by atoms with Crippen molar-refractivity contribution in [2.24, 2.45) is 0 Å². The number of nitrogens with one attached hydrogen (secondary N) is 1. The monoisotopic (exact) mass is 365 g/mol. The molecule has 2 aromatic heterocycles. The van der Waals surface area contributed by atoms with Gasteiger partial charge in [-0.3, -0.25) is 5.41 Å². The van der Waals surface area contributed by atoms with Gasteiger partial charge in [-0.2, -0.15) is 0 Å². The van der Waals surface area contributed by atoms with Crippen LogP contribution < -0.4 is 0 Å². The van der Waals surface area contributed by atoms with Crippen molar-refractivity contribution in [1.82, 2.24) is 9.88 Å². The van der Waals surface area contributed by atoms with Crippen molar-refractivity contribution >= 4 is 22.7 Å². The molecule has 1 aliphatic rings. The molecule has 0 bridgehead atoms. The highest BCUT2D eigenvalue weighted by molar-refractivity contribution is 7.11. The molecule has 0 spiro atoms. The zero-order valence-electron chi connectivity index (χ0n) is 14.3. The molecule has 0 saturated carbocycles. The van der Waals surface area contributed by atoms with Crippen molar-refractivity contribution in [3.8, 4) is 11.3 Å². The molecule has 132 valence electrons. The van der Waals surface area contributed by atoms with Gasteiger partial charge in [-0.15, -0.1) is 11.3 Å². The minimum atomic E-state index is 0.0434. The molecule has 6 heteroatoms. The van der Waals surface area contributed by atoms with Crippen molar-refractivity contribution in [3.05, 3.63) is 70.6 Å². The van der Waals surface area contributed by atoms with Crippen LogP contribution in [0.3, 0.4) is 0 Å². The molecule has 1 aromatic carbocycles. The summed E-state index contributed by atoms with van der Waals surface area (Å²) in [4.78, 5) is 6.53. The summed E-state index contributed by atoms with van der Waals surface area (Å²) in [7, 11) is 0. The summed E-state index contributed by atoms with van der Waals surface area (Å²) in [6.07, 6.45) is 2.34. The molecule has 4 rings (SSSR count). The summed E-state index contributed by atoms with van der Waals surface area (Å²) in [6.45, 7) is 2.36. The van der Waals surface area contributed by atoms with Crippen LogP contribution in [0.2, 0.25) is 0 Å². The average molecular weight is 365 g/mol. The molecule has 3 heterocycles. The van der Waals surface area contributed by atoms with Gasteiger partial charge in [-0.05, 0) is 19.1 Å². The molecule has 0 amide bonds. The van der Waals surface area contributed by atoms with Gasteiger partial charge in [0.1, 0.15) is 22.4 Å². The van der Waals surface area contributed by atoms with Gasteiger partial charge < -0.3 is 14.4 Å². The van der Waals surface area contributed by atoms with Crippen LogP contribution in [0.1, 0.15) is 17.7 Å². The van der Waals surface area contributed by atoms with Gasteiger partial charge in [0.2, 0.25) is 0 Å². The van der Waals surface area contributed by atoms with Crippen molar-refractivity contribution in [2.45, 2.75) is 19.4 Å². The molecular weight excluding hydrogens is 346 g/mol. The van der Waals surface area contributed by atoms with Crippen LogP contribution in [0.15, 0.2) is 64.3 Å². The van der Waals surface area contributed by atoms with E-state index in [-0.39, 0.29) is 11.8 Å². The smallest absolute Gasteiger partial charge is 0.135 e. The summed E-state index contributed by atoms with van der Waals surface area (Å²) in [5, 5.41) is 21.7. The number of rotatable bonds is 5. The summed E-state index contributed by atoms with van der Waals surface area (Å²) in [5.74, 6) is 1.39. The number of aliphatic hydroxyl groups excluding tert-OH is 1. The Morgan fingerprint density at radius 3 is 2.81 bits per heavy atom. The lowest BCUT2D eigenvalue weighted by molar-refractivity contribution is 0.295. The second kappa shape index (κ2) is 6.80. The average Bonchev–Trinajstić information content (AvgIpc) is 3.37. The zero-order valence-corrected chi connectivity index (χ0v) is 15.2. The fourth-order valence-electron chi connectivity index (χ4n) is 3.16. The molecule has 2 N–H and O–H groups in total. The standard InChI is InChI=1S/C20H19N3O2S/c1-13(10-15-8-5-9-25-15)23-11-17(24)18(19(23)21)20-22-16(12-26-20)14-6-3-2-4-7-14/h2-9,12-13,21,24H,10-11H2,1H3/t13-/m1/s1. The second-order valence-electron chi connectivity index (χ2n) is 6.33. The van der Waals surface area contributed by atoms with E-state index in [1.54, 1.807) is 6.26 Å². The van der Waals surface area contributed by atoms with Crippen LogP contribution in [0.25, 0.3) is 16.8 Å². The molecular formula is C20H19N3O2S. The van der Waals surface area contributed by atoms with Crippen molar-refractivity contribution in [3.63, 3.8) is 0 Å². The Hall–Kier alpha value is -2.86. The lowest BCUT2D eigenvalue weighted by Crippen LogP contribution is -2.36. The number of furan rings is 1. The number of hydrogen-bond donors (Lipinski definition) is 2. The predicted molar refractivity (Wildman–Crippen MR) is 103 cm³/mol. The molecule has 0 aliphatic carbocycles. The fourth-order valence-corrected chi connectivity index (χ4v) is 4.06. The largest absolute Gasteiger partial charge is 0.510 e. The van der Waals surface area contributed by atoms with E-state index in [4.69, 9.17) is 9.83 Å². The minimum Gasteiger partial charge on any atom is -0.510 e. The molecule has 0 unspecified atom stereocenters. The van der Waals surface area contributed by atoms with Gasteiger partial charge in [0.05, 0.1) is 24.1 Å². The third kappa shape index (κ3) is 3.04. The first-order valence-corrected chi connectivity index (χ1v) is 9.33. The van der Waals surface area contributed by atoms with Crippen molar-refractivity contribution in [1.29, 1.82) is 5.41 Å². The molecule has 0 saturated heterocycles. The van der Waals surface area contributed by atoms with Crippen LogP contribution in [0.4, 0.5) is 0 Å². The van der Waals surface area contributed by atoms with Crippen LogP contribution in [-0.2, 0) is 6.42 Å². The number of aromatic nitrogens is 1. The van der Waals surface area contributed by atoms with Gasteiger partial charge >= 0.3 is 0 Å². The maximum Gasteiger partial charge on any atom is 0.135 e.